The molecule has 0 fully saturated rings. The molecule has 0 aliphatic rings. The number of azide groups is 1. The zero-order valence-corrected chi connectivity index (χ0v) is 10.8. The van der Waals surface area contributed by atoms with Crippen molar-refractivity contribution in [1.82, 2.24) is 0 Å². The number of methoxy groups -OCH3 is 1. The van der Waals surface area contributed by atoms with E-state index < -0.39 is 18.2 Å². The highest BCUT2D eigenvalue weighted by Crippen LogP contribution is 2.26. The second-order valence-electron chi connectivity index (χ2n) is 4.07. The van der Waals surface area contributed by atoms with Gasteiger partial charge in [-0.1, -0.05) is 17.2 Å². The van der Waals surface area contributed by atoms with Crippen molar-refractivity contribution in [2.75, 3.05) is 13.7 Å². The number of aliphatic hydroxyl groups excluding tert-OH is 2. The number of benzene rings is 1. The molecule has 1 aromatic rings. The summed E-state index contributed by atoms with van der Waals surface area (Å²) >= 11 is 0. The minimum absolute atomic E-state index is 0.208. The predicted molar refractivity (Wildman–Crippen MR) is 69.3 cm³/mol. The van der Waals surface area contributed by atoms with Crippen LogP contribution < -0.4 is 4.74 Å². The molecular formula is C12H15N3O5. The maximum atomic E-state index is 10.7. The highest BCUT2D eigenvalue weighted by molar-refractivity contribution is 5.71. The molecule has 0 radical (unpaired) electrons. The summed E-state index contributed by atoms with van der Waals surface area (Å²) in [6, 6.07) is 4.44. The van der Waals surface area contributed by atoms with E-state index >= 15 is 0 Å². The van der Waals surface area contributed by atoms with Gasteiger partial charge in [0, 0.05) is 10.5 Å². The Morgan fingerprint density at radius 1 is 1.50 bits per heavy atom. The first-order valence-electron chi connectivity index (χ1n) is 5.75. The van der Waals surface area contributed by atoms with Gasteiger partial charge in [-0.25, -0.2) is 0 Å². The normalized spacial score (nSPS) is 13.2. The van der Waals surface area contributed by atoms with Crippen LogP contribution in [-0.2, 0) is 11.2 Å². The van der Waals surface area contributed by atoms with Crippen LogP contribution in [0.4, 0.5) is 0 Å². The second-order valence-corrected chi connectivity index (χ2v) is 4.07. The van der Waals surface area contributed by atoms with E-state index in [2.05, 4.69) is 10.0 Å². The number of hydrogen-bond donors (Lipinski definition) is 3. The molecule has 20 heavy (non-hydrogen) atoms. The molecule has 8 heteroatoms. The van der Waals surface area contributed by atoms with E-state index in [4.69, 9.17) is 15.4 Å². The molecule has 0 saturated carbocycles. The summed E-state index contributed by atoms with van der Waals surface area (Å²) in [4.78, 5) is 13.2. The number of nitrogens with zero attached hydrogens (tertiary/aromatic N) is 3. The van der Waals surface area contributed by atoms with Crippen molar-refractivity contribution in [2.24, 2.45) is 5.11 Å². The summed E-state index contributed by atoms with van der Waals surface area (Å²) in [7, 11) is 1.38. The fourth-order valence-corrected chi connectivity index (χ4v) is 1.70. The van der Waals surface area contributed by atoms with Gasteiger partial charge < -0.3 is 20.1 Å². The van der Waals surface area contributed by atoms with Crippen molar-refractivity contribution in [2.45, 2.75) is 18.6 Å². The summed E-state index contributed by atoms with van der Waals surface area (Å²) in [5, 5.41) is 31.5. The van der Waals surface area contributed by atoms with Crippen LogP contribution in [0.1, 0.15) is 17.2 Å². The molecule has 0 aromatic heterocycles. The van der Waals surface area contributed by atoms with Gasteiger partial charge in [0.25, 0.3) is 0 Å². The lowest BCUT2D eigenvalue weighted by molar-refractivity contribution is -0.136. The van der Waals surface area contributed by atoms with Crippen molar-refractivity contribution in [3.05, 3.63) is 39.8 Å². The van der Waals surface area contributed by atoms with Gasteiger partial charge in [0.15, 0.2) is 0 Å². The van der Waals surface area contributed by atoms with Gasteiger partial charge in [-0.15, -0.1) is 0 Å². The van der Waals surface area contributed by atoms with Crippen LogP contribution in [0.5, 0.6) is 5.75 Å². The first kappa shape index (κ1) is 15.8. The quantitative estimate of drug-likeness (QED) is 0.389. The third-order valence-electron chi connectivity index (χ3n) is 2.69. The fraction of sp³-hybridized carbons (Fsp3) is 0.417. The summed E-state index contributed by atoms with van der Waals surface area (Å²) < 4.78 is 5.06. The van der Waals surface area contributed by atoms with Crippen molar-refractivity contribution in [1.29, 1.82) is 0 Å². The predicted octanol–water partition coefficient (Wildman–Crippen LogP) is 1.03. The molecule has 108 valence electrons. The minimum atomic E-state index is -1.26. The van der Waals surface area contributed by atoms with E-state index in [9.17, 15) is 15.0 Å². The number of aliphatic hydroxyl groups is 2. The highest BCUT2D eigenvalue weighted by atomic mass is 16.5. The molecule has 0 spiro atoms. The maximum Gasteiger partial charge on any atom is 0.307 e. The largest absolute Gasteiger partial charge is 0.496 e. The average molecular weight is 281 g/mol. The van der Waals surface area contributed by atoms with Crippen molar-refractivity contribution < 1.29 is 24.9 Å². The summed E-state index contributed by atoms with van der Waals surface area (Å²) in [6.45, 7) is -0.267. The van der Waals surface area contributed by atoms with E-state index in [0.717, 1.165) is 0 Å². The number of ether oxygens (including phenoxy) is 1. The molecule has 0 bridgehead atoms. The number of carboxylic acid groups (broad SMARTS) is 1. The maximum absolute atomic E-state index is 10.7. The number of hydrogen-bond acceptors (Lipinski definition) is 5. The van der Waals surface area contributed by atoms with Gasteiger partial charge in [0.2, 0.25) is 0 Å². The Hall–Kier alpha value is -2.28. The Labute approximate surface area is 114 Å². The summed E-state index contributed by atoms with van der Waals surface area (Å²) in [5.74, 6) is -0.695. The lowest BCUT2D eigenvalue weighted by Crippen LogP contribution is -2.21. The molecule has 1 aromatic carbocycles. The zero-order valence-electron chi connectivity index (χ0n) is 10.8. The fourth-order valence-electron chi connectivity index (χ4n) is 1.70. The van der Waals surface area contributed by atoms with Crippen LogP contribution in [0.25, 0.3) is 10.4 Å². The Morgan fingerprint density at radius 2 is 2.20 bits per heavy atom. The monoisotopic (exact) mass is 281 g/mol. The SMILES string of the molecule is COc1cc(C(O)C(O)CN=[N+]=[N-])ccc1CC(=O)O. The molecule has 0 heterocycles. The highest BCUT2D eigenvalue weighted by Gasteiger charge is 2.19. The molecule has 2 unspecified atom stereocenters. The van der Waals surface area contributed by atoms with Crippen LogP contribution >= 0.6 is 0 Å². The van der Waals surface area contributed by atoms with Crippen molar-refractivity contribution in [3.63, 3.8) is 0 Å². The van der Waals surface area contributed by atoms with Gasteiger partial charge in [0.05, 0.1) is 26.2 Å². The first-order chi connectivity index (χ1) is 9.49. The van der Waals surface area contributed by atoms with Crippen LogP contribution in [0.15, 0.2) is 23.3 Å². The van der Waals surface area contributed by atoms with Crippen LogP contribution in [-0.4, -0.2) is 41.0 Å². The standard InChI is InChI=1S/C12H15N3O5/c1-20-10-4-8(3-2-7(10)5-11(17)18)12(19)9(16)6-14-15-13/h2-4,9,12,16,19H,5-6H2,1H3,(H,17,18). The Kier molecular flexibility index (Phi) is 5.79. The molecule has 0 amide bonds. The molecule has 1 rings (SSSR count). The first-order valence-corrected chi connectivity index (χ1v) is 5.75. The molecule has 2 atom stereocenters. The topological polar surface area (TPSA) is 136 Å². The van der Waals surface area contributed by atoms with Crippen molar-refractivity contribution >= 4 is 5.97 Å². The summed E-state index contributed by atoms with van der Waals surface area (Å²) in [6.07, 6.45) is -2.71. The number of rotatable bonds is 7. The van der Waals surface area contributed by atoms with Gasteiger partial charge in [-0.2, -0.15) is 0 Å². The molecular weight excluding hydrogens is 266 g/mol. The second kappa shape index (κ2) is 7.34. The number of carboxylic acids is 1. The Balaban J connectivity index is 2.96. The van der Waals surface area contributed by atoms with Crippen molar-refractivity contribution in [3.8, 4) is 5.75 Å². The molecule has 3 N–H and O–H groups in total. The van der Waals surface area contributed by atoms with E-state index in [-0.39, 0.29) is 13.0 Å². The number of aliphatic carboxylic acids is 1. The molecule has 0 aliphatic carbocycles. The molecule has 0 aliphatic heterocycles. The minimum Gasteiger partial charge on any atom is -0.496 e. The molecule has 8 nitrogen and oxygen atoms in total. The smallest absolute Gasteiger partial charge is 0.307 e. The Morgan fingerprint density at radius 3 is 2.75 bits per heavy atom. The van der Waals surface area contributed by atoms with Crippen LogP contribution in [0, 0.1) is 0 Å². The van der Waals surface area contributed by atoms with Gasteiger partial charge in [-0.05, 0) is 17.2 Å². The van der Waals surface area contributed by atoms with E-state index in [0.29, 0.717) is 16.9 Å². The molecule has 0 saturated heterocycles. The third kappa shape index (κ3) is 4.13. The van der Waals surface area contributed by atoms with Gasteiger partial charge >= 0.3 is 5.97 Å². The lowest BCUT2D eigenvalue weighted by atomic mass is 10.0. The zero-order chi connectivity index (χ0) is 15.1. The Bertz CT molecular complexity index is 528. The van der Waals surface area contributed by atoms with Gasteiger partial charge in [-0.3, -0.25) is 4.79 Å². The average Bonchev–Trinajstić information content (AvgIpc) is 2.43. The van der Waals surface area contributed by atoms with E-state index in [1.54, 1.807) is 0 Å². The van der Waals surface area contributed by atoms with E-state index in [1.165, 1.54) is 25.3 Å². The van der Waals surface area contributed by atoms with Gasteiger partial charge in [0.1, 0.15) is 11.9 Å². The van der Waals surface area contributed by atoms with E-state index in [1.807, 2.05) is 0 Å². The summed E-state index contributed by atoms with van der Waals surface area (Å²) in [5.41, 5.74) is 8.96. The third-order valence-corrected chi connectivity index (χ3v) is 2.69. The number of carbonyl (C=O) groups is 1. The van der Waals surface area contributed by atoms with Crippen LogP contribution in [0.3, 0.4) is 0 Å². The lowest BCUT2D eigenvalue weighted by Gasteiger charge is -2.18. The van der Waals surface area contributed by atoms with Crippen LogP contribution in [0.2, 0.25) is 0 Å².